The summed E-state index contributed by atoms with van der Waals surface area (Å²) in [7, 11) is 1.68. The molecule has 0 saturated carbocycles. The highest BCUT2D eigenvalue weighted by Crippen LogP contribution is 2.32. The zero-order chi connectivity index (χ0) is 13.6. The number of halogens is 1. The van der Waals surface area contributed by atoms with Crippen molar-refractivity contribution < 1.29 is 14.0 Å². The molecule has 0 atom stereocenters. The maximum Gasteiger partial charge on any atom is 0.299 e. The van der Waals surface area contributed by atoms with Crippen molar-refractivity contribution in [1.29, 1.82) is 0 Å². The molecule has 96 valence electrons. The SMILES string of the molecule is Cn1cc(CN2C(=O)C(=O)c3cccc(F)c32)nn1. The average Bonchev–Trinajstić information content (AvgIpc) is 2.89. The van der Waals surface area contributed by atoms with Crippen LogP contribution >= 0.6 is 0 Å². The topological polar surface area (TPSA) is 68.1 Å². The second kappa shape index (κ2) is 3.98. The average molecular weight is 260 g/mol. The van der Waals surface area contributed by atoms with Crippen molar-refractivity contribution in [2.24, 2.45) is 7.05 Å². The van der Waals surface area contributed by atoms with Gasteiger partial charge in [0.15, 0.2) is 0 Å². The first-order valence-electron chi connectivity index (χ1n) is 5.58. The number of aryl methyl sites for hydroxylation is 1. The molecule has 19 heavy (non-hydrogen) atoms. The van der Waals surface area contributed by atoms with Gasteiger partial charge in [0.25, 0.3) is 11.7 Å². The van der Waals surface area contributed by atoms with Crippen LogP contribution in [0.3, 0.4) is 0 Å². The summed E-state index contributed by atoms with van der Waals surface area (Å²) in [6, 6.07) is 4.06. The number of carbonyl (C=O) groups excluding carboxylic acids is 2. The molecule has 2 aromatic rings. The molecule has 3 rings (SSSR count). The standard InChI is InChI=1S/C12H9FN4O2/c1-16-5-7(14-15-16)6-17-10-8(11(18)12(17)19)3-2-4-9(10)13/h2-5H,6H2,1H3. The third-order valence-electron chi connectivity index (χ3n) is 2.91. The number of nitrogens with zero attached hydrogens (tertiary/aromatic N) is 4. The molecule has 1 aliphatic rings. The summed E-state index contributed by atoms with van der Waals surface area (Å²) in [5.74, 6) is -2.04. The number of Topliss-reactive ketones (excluding diaryl/α,β-unsaturated/α-hetero) is 1. The van der Waals surface area contributed by atoms with Gasteiger partial charge in [0, 0.05) is 13.2 Å². The maximum atomic E-state index is 13.8. The zero-order valence-electron chi connectivity index (χ0n) is 10.00. The van der Waals surface area contributed by atoms with Crippen LogP contribution in [-0.4, -0.2) is 26.7 Å². The van der Waals surface area contributed by atoms with Crippen LogP contribution in [0.1, 0.15) is 16.1 Å². The van der Waals surface area contributed by atoms with E-state index in [1.54, 1.807) is 13.2 Å². The molecule has 6 nitrogen and oxygen atoms in total. The molecule has 0 unspecified atom stereocenters. The van der Waals surface area contributed by atoms with E-state index >= 15 is 0 Å². The van der Waals surface area contributed by atoms with Gasteiger partial charge in [0.2, 0.25) is 0 Å². The van der Waals surface area contributed by atoms with Gasteiger partial charge in [-0.05, 0) is 12.1 Å². The number of benzene rings is 1. The zero-order valence-corrected chi connectivity index (χ0v) is 10.00. The molecule has 0 spiro atoms. The Morgan fingerprint density at radius 3 is 2.79 bits per heavy atom. The van der Waals surface area contributed by atoms with Crippen LogP contribution in [-0.2, 0) is 18.4 Å². The molecule has 0 saturated heterocycles. The first kappa shape index (κ1) is 11.5. The van der Waals surface area contributed by atoms with Crippen molar-refractivity contribution in [3.63, 3.8) is 0 Å². The van der Waals surface area contributed by atoms with E-state index in [0.29, 0.717) is 5.69 Å². The maximum absolute atomic E-state index is 13.8. The minimum absolute atomic E-state index is 0.0168. The number of amides is 1. The Morgan fingerprint density at radius 1 is 1.32 bits per heavy atom. The summed E-state index contributed by atoms with van der Waals surface area (Å²) >= 11 is 0. The summed E-state index contributed by atoms with van der Waals surface area (Å²) < 4.78 is 15.3. The lowest BCUT2D eigenvalue weighted by atomic mass is 10.1. The molecule has 2 heterocycles. The fraction of sp³-hybridized carbons (Fsp3) is 0.167. The van der Waals surface area contributed by atoms with E-state index < -0.39 is 17.5 Å². The molecule has 0 fully saturated rings. The normalized spacial score (nSPS) is 14.1. The predicted octanol–water partition coefficient (Wildman–Crippen LogP) is 0.684. The molecule has 0 bridgehead atoms. The van der Waals surface area contributed by atoms with Crippen LogP contribution in [0.2, 0.25) is 0 Å². The van der Waals surface area contributed by atoms with E-state index in [0.717, 1.165) is 4.90 Å². The molecule has 0 N–H and O–H groups in total. The predicted molar refractivity (Wildman–Crippen MR) is 62.9 cm³/mol. The monoisotopic (exact) mass is 260 g/mol. The van der Waals surface area contributed by atoms with Gasteiger partial charge in [-0.1, -0.05) is 11.3 Å². The van der Waals surface area contributed by atoms with Crippen LogP contribution < -0.4 is 4.90 Å². The second-order valence-corrected chi connectivity index (χ2v) is 4.24. The van der Waals surface area contributed by atoms with Crippen LogP contribution in [0.4, 0.5) is 10.1 Å². The minimum Gasteiger partial charge on any atom is -0.296 e. The number of aromatic nitrogens is 3. The van der Waals surface area contributed by atoms with Gasteiger partial charge >= 0.3 is 0 Å². The molecular formula is C12H9FN4O2. The van der Waals surface area contributed by atoms with Gasteiger partial charge in [-0.15, -0.1) is 5.10 Å². The van der Waals surface area contributed by atoms with Gasteiger partial charge in [0.1, 0.15) is 11.5 Å². The van der Waals surface area contributed by atoms with Gasteiger partial charge in [-0.2, -0.15) is 0 Å². The Hall–Kier alpha value is -2.57. The van der Waals surface area contributed by atoms with Gasteiger partial charge < -0.3 is 0 Å². The number of fused-ring (bicyclic) bond motifs is 1. The number of rotatable bonds is 2. The van der Waals surface area contributed by atoms with Crippen LogP contribution in [0.25, 0.3) is 0 Å². The van der Waals surface area contributed by atoms with E-state index in [2.05, 4.69) is 10.3 Å². The third kappa shape index (κ3) is 1.70. The highest BCUT2D eigenvalue weighted by molar-refractivity contribution is 6.52. The molecule has 1 amide bonds. The quantitative estimate of drug-likeness (QED) is 0.745. The largest absolute Gasteiger partial charge is 0.299 e. The van der Waals surface area contributed by atoms with Crippen molar-refractivity contribution in [2.45, 2.75) is 6.54 Å². The highest BCUT2D eigenvalue weighted by atomic mass is 19.1. The van der Waals surface area contributed by atoms with Crippen LogP contribution in [0, 0.1) is 5.82 Å². The van der Waals surface area contributed by atoms with Gasteiger partial charge in [0.05, 0.1) is 17.8 Å². The van der Waals surface area contributed by atoms with E-state index in [-0.39, 0.29) is 17.8 Å². The number of hydrogen-bond donors (Lipinski definition) is 0. The van der Waals surface area contributed by atoms with E-state index in [1.165, 1.54) is 22.9 Å². The van der Waals surface area contributed by atoms with Crippen molar-refractivity contribution in [3.8, 4) is 0 Å². The molecule has 1 aromatic heterocycles. The Bertz CT molecular complexity index is 695. The summed E-state index contributed by atoms with van der Waals surface area (Å²) in [5, 5.41) is 7.56. The van der Waals surface area contributed by atoms with E-state index in [9.17, 15) is 14.0 Å². The third-order valence-corrected chi connectivity index (χ3v) is 2.91. The molecule has 7 heteroatoms. The van der Waals surface area contributed by atoms with Crippen LogP contribution in [0.15, 0.2) is 24.4 Å². The minimum atomic E-state index is -0.745. The number of carbonyl (C=O) groups is 2. The first-order valence-corrected chi connectivity index (χ1v) is 5.58. The summed E-state index contributed by atoms with van der Waals surface area (Å²) in [6.45, 7) is 0.0202. The van der Waals surface area contributed by atoms with Gasteiger partial charge in [-0.3, -0.25) is 19.2 Å². The Morgan fingerprint density at radius 2 is 2.11 bits per heavy atom. The fourth-order valence-electron chi connectivity index (χ4n) is 2.09. The first-order chi connectivity index (χ1) is 9.08. The van der Waals surface area contributed by atoms with Crippen LogP contribution in [0.5, 0.6) is 0 Å². The van der Waals surface area contributed by atoms with Crippen molar-refractivity contribution in [3.05, 3.63) is 41.5 Å². The molecular weight excluding hydrogens is 251 g/mol. The fourth-order valence-corrected chi connectivity index (χ4v) is 2.09. The Kier molecular flexibility index (Phi) is 2.41. The number of anilines is 1. The molecule has 1 aromatic carbocycles. The molecule has 0 radical (unpaired) electrons. The number of ketones is 1. The lowest BCUT2D eigenvalue weighted by molar-refractivity contribution is -0.114. The van der Waals surface area contributed by atoms with E-state index in [1.807, 2.05) is 0 Å². The number of para-hydroxylation sites is 1. The smallest absolute Gasteiger partial charge is 0.296 e. The van der Waals surface area contributed by atoms with Crippen molar-refractivity contribution >= 4 is 17.4 Å². The lowest BCUT2D eigenvalue weighted by Gasteiger charge is -2.14. The lowest BCUT2D eigenvalue weighted by Crippen LogP contribution is -2.29. The Labute approximate surface area is 107 Å². The Balaban J connectivity index is 2.04. The summed E-state index contributed by atoms with van der Waals surface area (Å²) in [5.41, 5.74) is 0.594. The second-order valence-electron chi connectivity index (χ2n) is 4.24. The van der Waals surface area contributed by atoms with Crippen molar-refractivity contribution in [2.75, 3.05) is 4.90 Å². The highest BCUT2D eigenvalue weighted by Gasteiger charge is 2.38. The summed E-state index contributed by atoms with van der Waals surface area (Å²) in [6.07, 6.45) is 1.61. The number of hydrogen-bond acceptors (Lipinski definition) is 4. The molecule has 0 aliphatic carbocycles. The van der Waals surface area contributed by atoms with Crippen molar-refractivity contribution in [1.82, 2.24) is 15.0 Å². The summed E-state index contributed by atoms with van der Waals surface area (Å²) in [4.78, 5) is 24.7. The van der Waals surface area contributed by atoms with Gasteiger partial charge in [-0.25, -0.2) is 4.39 Å². The van der Waals surface area contributed by atoms with E-state index in [4.69, 9.17) is 0 Å². The molecule has 1 aliphatic heterocycles.